The molecule has 1 amide bonds. The van der Waals surface area contributed by atoms with Gasteiger partial charge in [-0.25, -0.2) is 13.4 Å². The van der Waals surface area contributed by atoms with E-state index in [0.29, 0.717) is 10.1 Å². The predicted octanol–water partition coefficient (Wildman–Crippen LogP) is 2.25. The summed E-state index contributed by atoms with van der Waals surface area (Å²) in [5.41, 5.74) is 0.507. The van der Waals surface area contributed by atoms with E-state index in [1.54, 1.807) is 0 Å². The number of nitrogens with zero attached hydrogens (tertiary/aromatic N) is 3. The van der Waals surface area contributed by atoms with Crippen LogP contribution < -0.4 is 13.8 Å². The highest BCUT2D eigenvalue weighted by atomic mass is 32.2. The lowest BCUT2D eigenvalue weighted by atomic mass is 10.1. The number of ether oxygens (including phenoxy) is 1. The second kappa shape index (κ2) is 7.34. The highest BCUT2D eigenvalue weighted by Crippen LogP contribution is 2.41. The quantitative estimate of drug-likeness (QED) is 0.604. The van der Waals surface area contributed by atoms with Crippen LogP contribution >= 0.6 is 0 Å². The van der Waals surface area contributed by atoms with Gasteiger partial charge in [-0.3, -0.25) is 4.79 Å². The minimum Gasteiger partial charge on any atom is -0.487 e. The van der Waals surface area contributed by atoms with E-state index in [1.165, 1.54) is 12.1 Å². The molecule has 1 aliphatic carbocycles. The Morgan fingerprint density at radius 3 is 2.58 bits per heavy atom. The van der Waals surface area contributed by atoms with Gasteiger partial charge in [0.2, 0.25) is 0 Å². The monoisotopic (exact) mass is 443 g/mol. The summed E-state index contributed by atoms with van der Waals surface area (Å²) in [5, 5.41) is 8.07. The maximum atomic E-state index is 15.7. The van der Waals surface area contributed by atoms with Crippen LogP contribution in [0.15, 0.2) is 42.5 Å². The third-order valence-corrected chi connectivity index (χ3v) is 6.49. The van der Waals surface area contributed by atoms with Gasteiger partial charge in [0.25, 0.3) is 5.91 Å². The SMILES string of the molecule is O=C1CN(c2c(OCc3ccccc3)ccc(-c3nnc(C4CC4)[nH]3)c2F)S(=O)(=O)N1. The zero-order chi connectivity index (χ0) is 21.6. The van der Waals surface area contributed by atoms with Crippen LogP contribution in [0.4, 0.5) is 10.1 Å². The predicted molar refractivity (Wildman–Crippen MR) is 109 cm³/mol. The summed E-state index contributed by atoms with van der Waals surface area (Å²) in [5.74, 6) is -0.485. The van der Waals surface area contributed by atoms with Gasteiger partial charge in [-0.15, -0.1) is 10.2 Å². The molecule has 2 fully saturated rings. The summed E-state index contributed by atoms with van der Waals surface area (Å²) >= 11 is 0. The second-order valence-corrected chi connectivity index (χ2v) is 9.01. The van der Waals surface area contributed by atoms with Crippen molar-refractivity contribution >= 4 is 21.8 Å². The molecule has 1 aromatic heterocycles. The van der Waals surface area contributed by atoms with Crippen LogP contribution in [0.5, 0.6) is 5.75 Å². The first kappa shape index (κ1) is 19.5. The largest absolute Gasteiger partial charge is 0.487 e. The number of hydrogen-bond donors (Lipinski definition) is 2. The Morgan fingerprint density at radius 2 is 1.90 bits per heavy atom. The summed E-state index contributed by atoms with van der Waals surface area (Å²) in [7, 11) is -4.25. The molecule has 5 rings (SSSR count). The number of halogens is 1. The number of aromatic amines is 1. The van der Waals surface area contributed by atoms with Crippen LogP contribution in [0.25, 0.3) is 11.4 Å². The van der Waals surface area contributed by atoms with E-state index in [0.717, 1.165) is 18.4 Å². The third-order valence-electron chi connectivity index (χ3n) is 5.11. The zero-order valence-electron chi connectivity index (χ0n) is 16.2. The summed E-state index contributed by atoms with van der Waals surface area (Å²) in [6, 6.07) is 12.1. The molecule has 11 heteroatoms. The minimum absolute atomic E-state index is 0.00731. The number of anilines is 1. The first-order valence-corrected chi connectivity index (χ1v) is 11.1. The molecule has 9 nitrogen and oxygen atoms in total. The van der Waals surface area contributed by atoms with Crippen molar-refractivity contribution in [2.24, 2.45) is 0 Å². The zero-order valence-corrected chi connectivity index (χ0v) is 17.0. The molecule has 31 heavy (non-hydrogen) atoms. The Bertz CT molecular complexity index is 1260. The van der Waals surface area contributed by atoms with Crippen molar-refractivity contribution in [3.8, 4) is 17.1 Å². The third kappa shape index (κ3) is 3.72. The van der Waals surface area contributed by atoms with Crippen LogP contribution in [-0.4, -0.2) is 36.1 Å². The van der Waals surface area contributed by atoms with Gasteiger partial charge in [0, 0.05) is 5.92 Å². The fraction of sp³-hybridized carbons (Fsp3) is 0.250. The van der Waals surface area contributed by atoms with E-state index >= 15 is 4.39 Å². The Balaban J connectivity index is 1.56. The normalized spacial score (nSPS) is 17.6. The van der Waals surface area contributed by atoms with Gasteiger partial charge >= 0.3 is 10.2 Å². The maximum absolute atomic E-state index is 15.7. The molecule has 2 aromatic carbocycles. The summed E-state index contributed by atoms with van der Waals surface area (Å²) in [6.45, 7) is -0.454. The average Bonchev–Trinajstić information content (AvgIpc) is 3.41. The molecule has 2 aliphatic rings. The van der Waals surface area contributed by atoms with Crippen LogP contribution in [0.3, 0.4) is 0 Å². The number of nitrogens with one attached hydrogen (secondary N) is 2. The molecule has 2 N–H and O–H groups in total. The number of benzene rings is 2. The van der Waals surface area contributed by atoms with Gasteiger partial charge in [0.15, 0.2) is 11.6 Å². The molecule has 3 aromatic rings. The van der Waals surface area contributed by atoms with Crippen LogP contribution in [-0.2, 0) is 21.6 Å². The van der Waals surface area contributed by atoms with Crippen molar-refractivity contribution in [2.75, 3.05) is 10.8 Å². The van der Waals surface area contributed by atoms with Crippen LogP contribution in [0, 0.1) is 5.82 Å². The molecule has 0 spiro atoms. The molecule has 160 valence electrons. The highest BCUT2D eigenvalue weighted by Gasteiger charge is 2.38. The minimum atomic E-state index is -4.25. The first-order valence-electron chi connectivity index (χ1n) is 9.68. The van der Waals surface area contributed by atoms with Gasteiger partial charge in [-0.05, 0) is 30.5 Å². The Labute approximate surface area is 177 Å². The molecular weight excluding hydrogens is 425 g/mol. The van der Waals surface area contributed by atoms with Gasteiger partial charge in [0.1, 0.15) is 30.4 Å². The summed E-state index contributed by atoms with van der Waals surface area (Å²) in [6.07, 6.45) is 1.99. The lowest BCUT2D eigenvalue weighted by Crippen LogP contribution is -2.30. The molecule has 1 saturated heterocycles. The molecular formula is C20H18FN5O4S. The molecule has 2 heterocycles. The van der Waals surface area contributed by atoms with Crippen molar-refractivity contribution in [1.82, 2.24) is 19.9 Å². The average molecular weight is 443 g/mol. The molecule has 0 radical (unpaired) electrons. The molecule has 0 bridgehead atoms. The van der Waals surface area contributed by atoms with E-state index in [9.17, 15) is 13.2 Å². The molecule has 0 unspecified atom stereocenters. The Morgan fingerprint density at radius 1 is 1.13 bits per heavy atom. The van der Waals surface area contributed by atoms with Crippen molar-refractivity contribution in [2.45, 2.75) is 25.4 Å². The van der Waals surface area contributed by atoms with E-state index < -0.39 is 28.5 Å². The highest BCUT2D eigenvalue weighted by molar-refractivity contribution is 7.92. The van der Waals surface area contributed by atoms with Gasteiger partial charge < -0.3 is 9.72 Å². The number of amides is 1. The van der Waals surface area contributed by atoms with Crippen molar-refractivity contribution < 1.29 is 22.3 Å². The van der Waals surface area contributed by atoms with Crippen molar-refractivity contribution in [3.63, 3.8) is 0 Å². The number of rotatable bonds is 6. The van der Waals surface area contributed by atoms with Crippen molar-refractivity contribution in [3.05, 3.63) is 59.7 Å². The van der Waals surface area contributed by atoms with E-state index in [1.807, 2.05) is 35.1 Å². The number of carbonyl (C=O) groups is 1. The lowest BCUT2D eigenvalue weighted by Gasteiger charge is -2.21. The van der Waals surface area contributed by atoms with Gasteiger partial charge in [-0.2, -0.15) is 8.42 Å². The second-order valence-electron chi connectivity index (χ2n) is 7.42. The standard InChI is InChI=1S/C20H18FN5O4S/c21-17-14(20-22-19(23-24-20)13-6-7-13)8-9-15(30-11-12-4-2-1-3-5-12)18(17)26-10-16(27)25-31(26,28)29/h1-5,8-9,13H,6-7,10-11H2,(H,25,27)(H,22,23,24). The number of hydrogen-bond acceptors (Lipinski definition) is 6. The van der Waals surface area contributed by atoms with Crippen LogP contribution in [0.2, 0.25) is 0 Å². The Kier molecular flexibility index (Phi) is 4.62. The molecule has 1 aliphatic heterocycles. The molecule has 1 saturated carbocycles. The Hall–Kier alpha value is -3.47. The number of H-pyrrole nitrogens is 1. The van der Waals surface area contributed by atoms with E-state index in [4.69, 9.17) is 4.74 Å². The number of aromatic nitrogens is 3. The topological polar surface area (TPSA) is 117 Å². The van der Waals surface area contributed by atoms with Gasteiger partial charge in [0.05, 0.1) is 5.56 Å². The fourth-order valence-corrected chi connectivity index (χ4v) is 4.56. The van der Waals surface area contributed by atoms with Gasteiger partial charge in [-0.1, -0.05) is 30.3 Å². The smallest absolute Gasteiger partial charge is 0.326 e. The lowest BCUT2D eigenvalue weighted by molar-refractivity contribution is -0.117. The maximum Gasteiger partial charge on any atom is 0.326 e. The fourth-order valence-electron chi connectivity index (χ4n) is 3.40. The number of carbonyl (C=O) groups excluding carboxylic acids is 1. The van der Waals surface area contributed by atoms with E-state index in [2.05, 4.69) is 15.2 Å². The summed E-state index contributed by atoms with van der Waals surface area (Å²) in [4.78, 5) is 14.8. The summed E-state index contributed by atoms with van der Waals surface area (Å²) < 4.78 is 48.8. The van der Waals surface area contributed by atoms with Crippen LogP contribution in [0.1, 0.15) is 30.1 Å². The molecule has 0 atom stereocenters. The van der Waals surface area contributed by atoms with E-state index in [-0.39, 0.29) is 35.3 Å². The first-order chi connectivity index (χ1) is 14.9. The van der Waals surface area contributed by atoms with Crippen molar-refractivity contribution in [1.29, 1.82) is 0 Å².